The van der Waals surface area contributed by atoms with E-state index in [2.05, 4.69) is 51.9 Å². The lowest BCUT2D eigenvalue weighted by molar-refractivity contribution is -0.118. The van der Waals surface area contributed by atoms with Gasteiger partial charge in [-0.3, -0.25) is 4.79 Å². The standard InChI is InChI=1S/C20H19ClN4OS3/c1-13-7-9-15(10-8-13)11-27-19-24-25-20(29-19)28-12-18(26)23-22-14(2)16-5-3-4-6-17(16)21/h3-10H,11-12H2,1-2H3,(H,23,26). The fourth-order valence-corrected chi connectivity index (χ4v) is 5.30. The van der Waals surface area contributed by atoms with Gasteiger partial charge in [0.2, 0.25) is 0 Å². The first-order valence-electron chi connectivity index (χ1n) is 8.74. The molecule has 1 amide bonds. The summed E-state index contributed by atoms with van der Waals surface area (Å²) in [5.74, 6) is 0.859. The number of amides is 1. The minimum absolute atomic E-state index is 0.203. The first-order chi connectivity index (χ1) is 14.0. The molecule has 1 aromatic heterocycles. The molecule has 3 rings (SSSR count). The van der Waals surface area contributed by atoms with Crippen molar-refractivity contribution in [2.75, 3.05) is 5.75 Å². The molecular formula is C20H19ClN4OS3. The zero-order chi connectivity index (χ0) is 20.6. The highest BCUT2D eigenvalue weighted by Gasteiger charge is 2.09. The number of hydrogen-bond donors (Lipinski definition) is 1. The number of nitrogens with one attached hydrogen (secondary N) is 1. The molecule has 0 fully saturated rings. The van der Waals surface area contributed by atoms with E-state index in [0.717, 1.165) is 20.0 Å². The second-order valence-electron chi connectivity index (χ2n) is 6.11. The van der Waals surface area contributed by atoms with E-state index in [1.165, 1.54) is 34.2 Å². The highest BCUT2D eigenvalue weighted by atomic mass is 35.5. The van der Waals surface area contributed by atoms with Gasteiger partial charge in [0.05, 0.1) is 11.5 Å². The van der Waals surface area contributed by atoms with Gasteiger partial charge in [-0.2, -0.15) is 5.10 Å². The van der Waals surface area contributed by atoms with Crippen LogP contribution < -0.4 is 5.43 Å². The Hall–Kier alpha value is -1.87. The van der Waals surface area contributed by atoms with Crippen LogP contribution in [0.1, 0.15) is 23.6 Å². The molecule has 0 atom stereocenters. The average molecular weight is 463 g/mol. The number of carbonyl (C=O) groups is 1. The quantitative estimate of drug-likeness (QED) is 0.275. The van der Waals surface area contributed by atoms with Crippen LogP contribution in [-0.2, 0) is 10.5 Å². The highest BCUT2D eigenvalue weighted by Crippen LogP contribution is 2.30. The number of rotatable bonds is 8. The number of thioether (sulfide) groups is 2. The van der Waals surface area contributed by atoms with Crippen LogP contribution in [0.3, 0.4) is 0 Å². The lowest BCUT2D eigenvalue weighted by Gasteiger charge is -2.04. The highest BCUT2D eigenvalue weighted by molar-refractivity contribution is 8.03. The summed E-state index contributed by atoms with van der Waals surface area (Å²) in [5.41, 5.74) is 6.50. The van der Waals surface area contributed by atoms with Crippen LogP contribution in [0.25, 0.3) is 0 Å². The molecule has 0 aliphatic rings. The Labute approximate surface area is 187 Å². The molecule has 5 nitrogen and oxygen atoms in total. The summed E-state index contributed by atoms with van der Waals surface area (Å²) in [7, 11) is 0. The molecule has 0 aliphatic carbocycles. The largest absolute Gasteiger partial charge is 0.272 e. The van der Waals surface area contributed by atoms with E-state index in [1.807, 2.05) is 18.2 Å². The van der Waals surface area contributed by atoms with E-state index in [-0.39, 0.29) is 11.7 Å². The zero-order valence-electron chi connectivity index (χ0n) is 15.9. The smallest absolute Gasteiger partial charge is 0.250 e. The molecule has 29 heavy (non-hydrogen) atoms. The molecule has 0 spiro atoms. The molecule has 0 bridgehead atoms. The number of carbonyl (C=O) groups excluding carboxylic acids is 1. The van der Waals surface area contributed by atoms with E-state index < -0.39 is 0 Å². The third kappa shape index (κ3) is 6.85. The lowest BCUT2D eigenvalue weighted by atomic mass is 10.1. The van der Waals surface area contributed by atoms with Crippen LogP contribution in [0.15, 0.2) is 62.3 Å². The van der Waals surface area contributed by atoms with Crippen molar-refractivity contribution in [1.29, 1.82) is 0 Å². The van der Waals surface area contributed by atoms with Gasteiger partial charge < -0.3 is 0 Å². The molecule has 1 N–H and O–H groups in total. The fraction of sp³-hybridized carbons (Fsp3) is 0.200. The molecule has 150 valence electrons. The van der Waals surface area contributed by atoms with Gasteiger partial charge in [-0.15, -0.1) is 10.2 Å². The molecule has 2 aromatic carbocycles. The van der Waals surface area contributed by atoms with Crippen molar-refractivity contribution in [3.63, 3.8) is 0 Å². The van der Waals surface area contributed by atoms with Crippen molar-refractivity contribution < 1.29 is 4.79 Å². The Balaban J connectivity index is 1.45. The Morgan fingerprint density at radius 1 is 1.10 bits per heavy atom. The van der Waals surface area contributed by atoms with Gasteiger partial charge in [0, 0.05) is 16.3 Å². The Bertz CT molecular complexity index is 1000. The second kappa shape index (κ2) is 10.8. The van der Waals surface area contributed by atoms with Gasteiger partial charge in [0.25, 0.3) is 5.91 Å². The van der Waals surface area contributed by atoms with Gasteiger partial charge in [-0.25, -0.2) is 5.43 Å². The van der Waals surface area contributed by atoms with Gasteiger partial charge in [0.1, 0.15) is 0 Å². The van der Waals surface area contributed by atoms with Gasteiger partial charge in [-0.05, 0) is 25.5 Å². The third-order valence-corrected chi connectivity index (χ3v) is 7.40. The number of hydrazone groups is 1. The van der Waals surface area contributed by atoms with Crippen molar-refractivity contribution in [1.82, 2.24) is 15.6 Å². The van der Waals surface area contributed by atoms with Crippen molar-refractivity contribution in [2.45, 2.75) is 28.3 Å². The molecule has 1 heterocycles. The predicted octanol–water partition coefficient (Wildman–Crippen LogP) is 5.42. The summed E-state index contributed by atoms with van der Waals surface area (Å²) in [4.78, 5) is 12.1. The summed E-state index contributed by atoms with van der Waals surface area (Å²) in [5, 5.41) is 13.1. The lowest BCUT2D eigenvalue weighted by Crippen LogP contribution is -2.21. The van der Waals surface area contributed by atoms with Crippen LogP contribution in [-0.4, -0.2) is 27.6 Å². The minimum Gasteiger partial charge on any atom is -0.272 e. The SMILES string of the molecule is CC(=NNC(=O)CSc1nnc(SCc2ccc(C)cc2)s1)c1ccccc1Cl. The molecule has 0 radical (unpaired) electrons. The van der Waals surface area contributed by atoms with Crippen molar-refractivity contribution >= 4 is 58.1 Å². The number of halogens is 1. The van der Waals surface area contributed by atoms with Crippen LogP contribution >= 0.6 is 46.5 Å². The summed E-state index contributed by atoms with van der Waals surface area (Å²) >= 11 is 10.6. The summed E-state index contributed by atoms with van der Waals surface area (Å²) in [6.45, 7) is 3.88. The molecular weight excluding hydrogens is 444 g/mol. The van der Waals surface area contributed by atoms with E-state index in [9.17, 15) is 4.79 Å². The Morgan fingerprint density at radius 2 is 1.79 bits per heavy atom. The van der Waals surface area contributed by atoms with Crippen molar-refractivity contribution in [3.8, 4) is 0 Å². The van der Waals surface area contributed by atoms with Crippen LogP contribution in [0.5, 0.6) is 0 Å². The Morgan fingerprint density at radius 3 is 2.52 bits per heavy atom. The minimum atomic E-state index is -0.203. The zero-order valence-corrected chi connectivity index (χ0v) is 19.1. The van der Waals surface area contributed by atoms with Gasteiger partial charge in [0.15, 0.2) is 8.68 Å². The normalized spacial score (nSPS) is 11.5. The monoisotopic (exact) mass is 462 g/mol. The van der Waals surface area contributed by atoms with E-state index in [0.29, 0.717) is 10.7 Å². The average Bonchev–Trinajstić information content (AvgIpc) is 3.18. The topological polar surface area (TPSA) is 67.2 Å². The molecule has 9 heteroatoms. The molecule has 0 saturated carbocycles. The number of nitrogens with zero attached hydrogens (tertiary/aromatic N) is 3. The van der Waals surface area contributed by atoms with Gasteiger partial charge >= 0.3 is 0 Å². The molecule has 0 unspecified atom stereocenters. The Kier molecular flexibility index (Phi) is 8.11. The summed E-state index contributed by atoms with van der Waals surface area (Å²) in [6.07, 6.45) is 0. The number of hydrogen-bond acceptors (Lipinski definition) is 7. The third-order valence-electron chi connectivity index (χ3n) is 3.81. The molecule has 3 aromatic rings. The van der Waals surface area contributed by atoms with Crippen LogP contribution in [0.4, 0.5) is 0 Å². The second-order valence-corrected chi connectivity index (χ2v) is 9.94. The van der Waals surface area contributed by atoms with E-state index in [4.69, 9.17) is 11.6 Å². The van der Waals surface area contributed by atoms with Gasteiger partial charge in [-0.1, -0.05) is 94.5 Å². The molecule has 0 aliphatic heterocycles. The predicted molar refractivity (Wildman–Crippen MR) is 123 cm³/mol. The number of aromatic nitrogens is 2. The number of aryl methyl sites for hydroxylation is 1. The number of benzene rings is 2. The first-order valence-corrected chi connectivity index (χ1v) is 11.9. The fourth-order valence-electron chi connectivity index (χ4n) is 2.26. The first kappa shape index (κ1) is 21.8. The maximum atomic E-state index is 12.1. The molecule has 0 saturated heterocycles. The van der Waals surface area contributed by atoms with Crippen molar-refractivity contribution in [2.24, 2.45) is 5.10 Å². The van der Waals surface area contributed by atoms with Crippen LogP contribution in [0, 0.1) is 6.92 Å². The van der Waals surface area contributed by atoms with Crippen molar-refractivity contribution in [3.05, 3.63) is 70.2 Å². The maximum Gasteiger partial charge on any atom is 0.250 e. The van der Waals surface area contributed by atoms with E-state index >= 15 is 0 Å². The van der Waals surface area contributed by atoms with E-state index in [1.54, 1.807) is 24.8 Å². The maximum absolute atomic E-state index is 12.1. The van der Waals surface area contributed by atoms with Crippen LogP contribution in [0.2, 0.25) is 5.02 Å². The summed E-state index contributed by atoms with van der Waals surface area (Å²) < 4.78 is 1.65. The summed E-state index contributed by atoms with van der Waals surface area (Å²) in [6, 6.07) is 15.8.